The summed E-state index contributed by atoms with van der Waals surface area (Å²) < 4.78 is 5.18. The van der Waals surface area contributed by atoms with Gasteiger partial charge in [-0.25, -0.2) is 0 Å². The molecule has 0 aliphatic rings. The van der Waals surface area contributed by atoms with Crippen LogP contribution in [0.4, 0.5) is 0 Å². The number of ether oxygens (including phenoxy) is 1. The number of carbonyl (C=O) groups excluding carboxylic acids is 1. The molecule has 0 aromatic heterocycles. The molecule has 0 heterocycles. The Balaban J connectivity index is 2.37. The highest BCUT2D eigenvalue weighted by molar-refractivity contribution is 6.29. The zero-order valence-electron chi connectivity index (χ0n) is 10.9. The molecular weight excluding hydrogens is 250 g/mol. The van der Waals surface area contributed by atoms with E-state index in [4.69, 9.17) is 16.3 Å². The van der Waals surface area contributed by atoms with Crippen LogP contribution in [-0.4, -0.2) is 37.1 Å². The molecule has 1 aromatic rings. The van der Waals surface area contributed by atoms with Crippen molar-refractivity contribution < 1.29 is 9.53 Å². The number of halogens is 1. The second-order valence-electron chi connectivity index (χ2n) is 3.97. The third kappa shape index (κ3) is 4.67. The zero-order valence-corrected chi connectivity index (χ0v) is 11.7. The number of carbonyl (C=O) groups is 1. The lowest BCUT2D eigenvalue weighted by Gasteiger charge is -2.18. The summed E-state index contributed by atoms with van der Waals surface area (Å²) in [5, 5.41) is -0.720. The third-order valence-corrected chi connectivity index (χ3v) is 3.28. The van der Waals surface area contributed by atoms with Crippen LogP contribution in [0.2, 0.25) is 0 Å². The van der Waals surface area contributed by atoms with Crippen molar-refractivity contribution in [2.45, 2.75) is 19.2 Å². The van der Waals surface area contributed by atoms with Crippen LogP contribution in [0.15, 0.2) is 30.3 Å². The molecule has 18 heavy (non-hydrogen) atoms. The van der Waals surface area contributed by atoms with Crippen LogP contribution in [0, 0.1) is 0 Å². The Bertz CT molecular complexity index is 352. The molecule has 1 atom stereocenters. The first kappa shape index (κ1) is 15.0. The van der Waals surface area contributed by atoms with Crippen LogP contribution in [-0.2, 0) is 9.53 Å². The largest absolute Gasteiger partial charge is 0.463 e. The summed E-state index contributed by atoms with van der Waals surface area (Å²) in [5.41, 5.74) is 0.770. The SMILES string of the molecule is CCN(CC)CCOC(=O)C(Cl)c1ccccc1. The van der Waals surface area contributed by atoms with Gasteiger partial charge in [-0.1, -0.05) is 44.2 Å². The number of benzene rings is 1. The van der Waals surface area contributed by atoms with E-state index in [1.165, 1.54) is 0 Å². The van der Waals surface area contributed by atoms with E-state index in [1.54, 1.807) is 0 Å². The lowest BCUT2D eigenvalue weighted by Crippen LogP contribution is -2.28. The van der Waals surface area contributed by atoms with E-state index in [0.29, 0.717) is 6.61 Å². The smallest absolute Gasteiger partial charge is 0.328 e. The maximum Gasteiger partial charge on any atom is 0.328 e. The molecule has 0 amide bonds. The molecule has 0 spiro atoms. The van der Waals surface area contributed by atoms with Crippen molar-refractivity contribution in [2.24, 2.45) is 0 Å². The molecule has 0 saturated heterocycles. The Morgan fingerprint density at radius 1 is 1.28 bits per heavy atom. The van der Waals surface area contributed by atoms with Crippen molar-refractivity contribution >= 4 is 17.6 Å². The molecule has 0 N–H and O–H groups in total. The van der Waals surface area contributed by atoms with Gasteiger partial charge in [0.1, 0.15) is 6.61 Å². The van der Waals surface area contributed by atoms with Crippen molar-refractivity contribution in [3.8, 4) is 0 Å². The summed E-state index contributed by atoms with van der Waals surface area (Å²) in [5.74, 6) is -0.380. The minimum absolute atomic E-state index is 0.380. The average molecular weight is 270 g/mol. The highest BCUT2D eigenvalue weighted by Crippen LogP contribution is 2.21. The van der Waals surface area contributed by atoms with Crippen LogP contribution in [0.25, 0.3) is 0 Å². The first-order valence-corrected chi connectivity index (χ1v) is 6.70. The Morgan fingerprint density at radius 2 is 1.89 bits per heavy atom. The zero-order chi connectivity index (χ0) is 13.4. The summed E-state index contributed by atoms with van der Waals surface area (Å²) >= 11 is 6.05. The number of alkyl halides is 1. The minimum Gasteiger partial charge on any atom is -0.463 e. The van der Waals surface area contributed by atoms with Gasteiger partial charge >= 0.3 is 5.97 Å². The third-order valence-electron chi connectivity index (χ3n) is 2.85. The van der Waals surface area contributed by atoms with Crippen LogP contribution in [0.3, 0.4) is 0 Å². The van der Waals surface area contributed by atoms with Crippen LogP contribution in [0.1, 0.15) is 24.8 Å². The van der Waals surface area contributed by atoms with E-state index in [2.05, 4.69) is 18.7 Å². The van der Waals surface area contributed by atoms with Gasteiger partial charge in [0, 0.05) is 6.54 Å². The van der Waals surface area contributed by atoms with Gasteiger partial charge in [-0.15, -0.1) is 11.6 Å². The van der Waals surface area contributed by atoms with Gasteiger partial charge in [0.05, 0.1) is 0 Å². The van der Waals surface area contributed by atoms with Gasteiger partial charge in [0.15, 0.2) is 5.38 Å². The number of hydrogen-bond acceptors (Lipinski definition) is 3. The Kier molecular flexibility index (Phi) is 6.76. The first-order valence-electron chi connectivity index (χ1n) is 6.27. The van der Waals surface area contributed by atoms with Crippen LogP contribution in [0.5, 0.6) is 0 Å². The fraction of sp³-hybridized carbons (Fsp3) is 0.500. The van der Waals surface area contributed by atoms with Gasteiger partial charge in [-0.2, -0.15) is 0 Å². The van der Waals surface area contributed by atoms with Crippen LogP contribution >= 0.6 is 11.6 Å². The summed E-state index contributed by atoms with van der Waals surface area (Å²) in [4.78, 5) is 13.9. The summed E-state index contributed by atoms with van der Waals surface area (Å²) in [6.07, 6.45) is 0. The van der Waals surface area contributed by atoms with Crippen molar-refractivity contribution in [3.05, 3.63) is 35.9 Å². The van der Waals surface area contributed by atoms with Crippen molar-refractivity contribution in [2.75, 3.05) is 26.2 Å². The normalized spacial score (nSPS) is 12.4. The van der Waals surface area contributed by atoms with E-state index in [0.717, 1.165) is 25.2 Å². The molecule has 1 unspecified atom stereocenters. The fourth-order valence-electron chi connectivity index (χ4n) is 1.65. The standard InChI is InChI=1S/C14H20ClNO2/c1-3-16(4-2)10-11-18-14(17)13(15)12-8-6-5-7-9-12/h5-9,13H,3-4,10-11H2,1-2H3. The molecule has 1 aromatic carbocycles. The summed E-state index contributed by atoms with van der Waals surface area (Å²) in [6.45, 7) is 7.21. The molecule has 0 saturated carbocycles. The van der Waals surface area contributed by atoms with E-state index < -0.39 is 5.38 Å². The Morgan fingerprint density at radius 3 is 2.44 bits per heavy atom. The lowest BCUT2D eigenvalue weighted by molar-refractivity contribution is -0.143. The molecule has 0 radical (unpaired) electrons. The highest BCUT2D eigenvalue weighted by Gasteiger charge is 2.18. The molecule has 0 aliphatic heterocycles. The van der Waals surface area contributed by atoms with Crippen molar-refractivity contribution in [1.29, 1.82) is 0 Å². The second kappa shape index (κ2) is 8.11. The molecule has 100 valence electrons. The maximum atomic E-state index is 11.7. The van der Waals surface area contributed by atoms with Gasteiger partial charge in [0.2, 0.25) is 0 Å². The van der Waals surface area contributed by atoms with Gasteiger partial charge in [0.25, 0.3) is 0 Å². The van der Waals surface area contributed by atoms with Gasteiger partial charge in [-0.3, -0.25) is 4.79 Å². The summed E-state index contributed by atoms with van der Waals surface area (Å²) in [6, 6.07) is 9.24. The topological polar surface area (TPSA) is 29.5 Å². The summed E-state index contributed by atoms with van der Waals surface area (Å²) in [7, 11) is 0. The second-order valence-corrected chi connectivity index (χ2v) is 4.40. The average Bonchev–Trinajstić information content (AvgIpc) is 2.43. The quantitative estimate of drug-likeness (QED) is 0.563. The first-order chi connectivity index (χ1) is 8.69. The predicted octanol–water partition coefficient (Wildman–Crippen LogP) is 2.85. The molecular formula is C14H20ClNO2. The number of hydrogen-bond donors (Lipinski definition) is 0. The number of rotatable bonds is 7. The van der Waals surface area contributed by atoms with Crippen molar-refractivity contribution in [1.82, 2.24) is 4.90 Å². The lowest BCUT2D eigenvalue weighted by atomic mass is 10.1. The number of esters is 1. The molecule has 0 bridgehead atoms. The van der Waals surface area contributed by atoms with Gasteiger partial charge in [-0.05, 0) is 18.7 Å². The monoisotopic (exact) mass is 269 g/mol. The van der Waals surface area contributed by atoms with Crippen LogP contribution < -0.4 is 0 Å². The van der Waals surface area contributed by atoms with Crippen molar-refractivity contribution in [3.63, 3.8) is 0 Å². The highest BCUT2D eigenvalue weighted by atomic mass is 35.5. The fourth-order valence-corrected chi connectivity index (χ4v) is 1.85. The molecule has 0 fully saturated rings. The Hall–Kier alpha value is -1.06. The van der Waals surface area contributed by atoms with E-state index >= 15 is 0 Å². The van der Waals surface area contributed by atoms with E-state index in [1.807, 2.05) is 30.3 Å². The maximum absolute atomic E-state index is 11.7. The van der Waals surface area contributed by atoms with Gasteiger partial charge < -0.3 is 9.64 Å². The Labute approximate surface area is 114 Å². The number of likely N-dealkylation sites (N-methyl/N-ethyl adjacent to an activating group) is 1. The van der Waals surface area contributed by atoms with E-state index in [9.17, 15) is 4.79 Å². The predicted molar refractivity (Wildman–Crippen MR) is 73.8 cm³/mol. The molecule has 3 nitrogen and oxygen atoms in total. The molecule has 1 rings (SSSR count). The number of nitrogens with zero attached hydrogens (tertiary/aromatic N) is 1. The van der Waals surface area contributed by atoms with E-state index in [-0.39, 0.29) is 5.97 Å². The molecule has 0 aliphatic carbocycles. The minimum atomic E-state index is -0.720. The molecule has 4 heteroatoms.